The summed E-state index contributed by atoms with van der Waals surface area (Å²) in [5.74, 6) is 0. The quantitative estimate of drug-likeness (QED) is 0.190. The highest BCUT2D eigenvalue weighted by Gasteiger charge is 2.32. The second-order valence-corrected chi connectivity index (χ2v) is 3.16. The first-order chi connectivity index (χ1) is 5.91. The van der Waals surface area contributed by atoms with Gasteiger partial charge in [-0.1, -0.05) is 0 Å². The molecule has 0 saturated carbocycles. The van der Waals surface area contributed by atoms with Crippen LogP contribution in [0.15, 0.2) is 0 Å². The standard InChI is InChI=1S/C6H14O6S/c7-1-2(8)3(9)4(10)5(11)6(12)13/h2-13H,1H2/t2-,3+,4+,5+,6?/m0/s1. The third-order valence-corrected chi connectivity index (χ3v) is 1.89. The average Bonchev–Trinajstić information content (AvgIpc) is 2.12. The van der Waals surface area contributed by atoms with Gasteiger partial charge in [-0.2, -0.15) is 0 Å². The summed E-state index contributed by atoms with van der Waals surface area (Å²) in [6.07, 6.45) is -6.77. The van der Waals surface area contributed by atoms with E-state index in [1.807, 2.05) is 0 Å². The highest BCUT2D eigenvalue weighted by atomic mass is 32.1. The van der Waals surface area contributed by atoms with Crippen molar-refractivity contribution in [2.75, 3.05) is 6.61 Å². The van der Waals surface area contributed by atoms with Gasteiger partial charge in [-0.15, -0.1) is 12.6 Å². The predicted molar refractivity (Wildman–Crippen MR) is 46.1 cm³/mol. The van der Waals surface area contributed by atoms with Crippen LogP contribution in [0.2, 0.25) is 0 Å². The Hall–Kier alpha value is 0.110. The number of thiol groups is 1. The number of rotatable bonds is 5. The molecule has 1 unspecified atom stereocenters. The van der Waals surface area contributed by atoms with Crippen molar-refractivity contribution in [2.24, 2.45) is 0 Å². The van der Waals surface area contributed by atoms with Crippen molar-refractivity contribution in [2.45, 2.75) is 29.9 Å². The van der Waals surface area contributed by atoms with Gasteiger partial charge in [-0.3, -0.25) is 0 Å². The van der Waals surface area contributed by atoms with Crippen molar-refractivity contribution >= 4 is 12.6 Å². The Balaban J connectivity index is 4.15. The van der Waals surface area contributed by atoms with Crippen molar-refractivity contribution < 1.29 is 30.6 Å². The van der Waals surface area contributed by atoms with Gasteiger partial charge in [-0.25, -0.2) is 0 Å². The fourth-order valence-electron chi connectivity index (χ4n) is 0.714. The summed E-state index contributed by atoms with van der Waals surface area (Å²) >= 11 is 3.41. The fourth-order valence-corrected chi connectivity index (χ4v) is 0.890. The molecule has 0 radical (unpaired) electrons. The first-order valence-electron chi connectivity index (χ1n) is 3.61. The molecule has 0 aliphatic rings. The molecule has 0 spiro atoms. The maximum atomic E-state index is 9.08. The van der Waals surface area contributed by atoms with E-state index in [-0.39, 0.29) is 0 Å². The Kier molecular flexibility index (Phi) is 5.81. The molecular weight excluding hydrogens is 200 g/mol. The Bertz CT molecular complexity index is 143. The van der Waals surface area contributed by atoms with Gasteiger partial charge >= 0.3 is 0 Å². The number of hydrogen-bond acceptors (Lipinski definition) is 7. The molecule has 0 aromatic heterocycles. The highest BCUT2D eigenvalue weighted by Crippen LogP contribution is 2.09. The van der Waals surface area contributed by atoms with Gasteiger partial charge in [0.2, 0.25) is 0 Å². The van der Waals surface area contributed by atoms with E-state index in [9.17, 15) is 0 Å². The molecule has 0 aliphatic carbocycles. The van der Waals surface area contributed by atoms with E-state index >= 15 is 0 Å². The van der Waals surface area contributed by atoms with E-state index in [0.717, 1.165) is 0 Å². The molecule has 0 fully saturated rings. The molecule has 0 aliphatic heterocycles. The van der Waals surface area contributed by atoms with Crippen LogP contribution in [0.5, 0.6) is 0 Å². The van der Waals surface area contributed by atoms with Gasteiger partial charge in [0.1, 0.15) is 29.9 Å². The molecule has 80 valence electrons. The number of aliphatic hydroxyl groups is 6. The van der Waals surface area contributed by atoms with E-state index in [4.69, 9.17) is 30.6 Å². The fraction of sp³-hybridized carbons (Fsp3) is 1.00. The van der Waals surface area contributed by atoms with Crippen molar-refractivity contribution in [1.82, 2.24) is 0 Å². The Morgan fingerprint density at radius 3 is 1.62 bits per heavy atom. The summed E-state index contributed by atoms with van der Waals surface area (Å²) in [5, 5.41) is 53.0. The zero-order valence-corrected chi connectivity index (χ0v) is 7.62. The molecule has 5 atom stereocenters. The smallest absolute Gasteiger partial charge is 0.125 e. The molecule has 0 bridgehead atoms. The largest absolute Gasteiger partial charge is 0.394 e. The Morgan fingerprint density at radius 1 is 0.846 bits per heavy atom. The van der Waals surface area contributed by atoms with Crippen LogP contribution >= 0.6 is 12.6 Å². The van der Waals surface area contributed by atoms with Gasteiger partial charge in [-0.05, 0) is 0 Å². The van der Waals surface area contributed by atoms with Crippen LogP contribution < -0.4 is 0 Å². The molecule has 0 amide bonds. The minimum absolute atomic E-state index is 0.756. The van der Waals surface area contributed by atoms with Crippen molar-refractivity contribution in [3.8, 4) is 0 Å². The maximum absolute atomic E-state index is 9.08. The minimum atomic E-state index is -1.77. The summed E-state index contributed by atoms with van der Waals surface area (Å²) in [5.41, 5.74) is -1.53. The van der Waals surface area contributed by atoms with Crippen LogP contribution in [0, 0.1) is 0 Å². The lowest BCUT2D eigenvalue weighted by molar-refractivity contribution is -0.127. The summed E-state index contributed by atoms with van der Waals surface area (Å²) < 4.78 is 0. The summed E-state index contributed by atoms with van der Waals surface area (Å²) in [4.78, 5) is 0. The highest BCUT2D eigenvalue weighted by molar-refractivity contribution is 7.80. The second-order valence-electron chi connectivity index (χ2n) is 2.64. The minimum Gasteiger partial charge on any atom is -0.394 e. The third kappa shape index (κ3) is 3.77. The van der Waals surface area contributed by atoms with Crippen LogP contribution in [0.25, 0.3) is 0 Å². The summed E-state index contributed by atoms with van der Waals surface area (Å²) in [6.45, 7) is -0.756. The Labute approximate surface area is 80.5 Å². The molecular formula is C6H14O6S. The molecule has 6 N–H and O–H groups in total. The van der Waals surface area contributed by atoms with E-state index in [1.54, 1.807) is 0 Å². The molecule has 0 saturated heterocycles. The lowest BCUT2D eigenvalue weighted by Gasteiger charge is -2.26. The van der Waals surface area contributed by atoms with Gasteiger partial charge in [0.05, 0.1) is 6.61 Å². The molecule has 13 heavy (non-hydrogen) atoms. The summed E-state index contributed by atoms with van der Waals surface area (Å²) in [7, 11) is 0. The van der Waals surface area contributed by atoms with E-state index in [2.05, 4.69) is 12.6 Å². The predicted octanol–water partition coefficient (Wildman–Crippen LogP) is -3.33. The van der Waals surface area contributed by atoms with Crippen LogP contribution in [-0.2, 0) is 0 Å². The van der Waals surface area contributed by atoms with E-state index in [1.165, 1.54) is 0 Å². The van der Waals surface area contributed by atoms with Crippen molar-refractivity contribution in [3.05, 3.63) is 0 Å². The van der Waals surface area contributed by atoms with Crippen molar-refractivity contribution in [1.29, 1.82) is 0 Å². The van der Waals surface area contributed by atoms with Gasteiger partial charge in [0.25, 0.3) is 0 Å². The second kappa shape index (κ2) is 5.76. The first-order valence-corrected chi connectivity index (χ1v) is 4.12. The molecule has 0 aromatic rings. The average molecular weight is 214 g/mol. The van der Waals surface area contributed by atoms with Gasteiger partial charge in [0.15, 0.2) is 0 Å². The normalized spacial score (nSPS) is 23.3. The monoisotopic (exact) mass is 214 g/mol. The molecule has 6 nitrogen and oxygen atoms in total. The van der Waals surface area contributed by atoms with Gasteiger partial charge in [0, 0.05) is 0 Å². The molecule has 0 heterocycles. The number of aliphatic hydroxyl groups excluding tert-OH is 6. The van der Waals surface area contributed by atoms with E-state index < -0.39 is 36.5 Å². The van der Waals surface area contributed by atoms with Crippen LogP contribution in [-0.4, -0.2) is 67.1 Å². The van der Waals surface area contributed by atoms with Crippen LogP contribution in [0.1, 0.15) is 0 Å². The third-order valence-electron chi connectivity index (χ3n) is 1.59. The number of hydrogen-bond donors (Lipinski definition) is 7. The van der Waals surface area contributed by atoms with Gasteiger partial charge < -0.3 is 30.6 Å². The Morgan fingerprint density at radius 2 is 1.31 bits per heavy atom. The summed E-state index contributed by atoms with van der Waals surface area (Å²) in [6, 6.07) is 0. The molecule has 0 aromatic carbocycles. The van der Waals surface area contributed by atoms with Crippen LogP contribution in [0.3, 0.4) is 0 Å². The molecule has 0 rings (SSSR count). The maximum Gasteiger partial charge on any atom is 0.125 e. The van der Waals surface area contributed by atoms with Crippen LogP contribution in [0.4, 0.5) is 0 Å². The zero-order chi connectivity index (χ0) is 10.6. The topological polar surface area (TPSA) is 121 Å². The zero-order valence-electron chi connectivity index (χ0n) is 6.72. The van der Waals surface area contributed by atoms with E-state index in [0.29, 0.717) is 0 Å². The lowest BCUT2D eigenvalue weighted by Crippen LogP contribution is -2.48. The molecule has 7 heteroatoms. The lowest BCUT2D eigenvalue weighted by atomic mass is 10.0. The van der Waals surface area contributed by atoms with Crippen molar-refractivity contribution in [3.63, 3.8) is 0 Å². The first kappa shape index (κ1) is 13.1. The SMILES string of the molecule is OC[C@H](O)[C@@H](O)[C@@H](O)[C@@H](O)C(O)S.